The summed E-state index contributed by atoms with van der Waals surface area (Å²) in [5.41, 5.74) is 0.278. The third-order valence-electron chi connectivity index (χ3n) is 2.95. The lowest BCUT2D eigenvalue weighted by Gasteiger charge is -2.07. The molecular weight excluding hydrogens is 250 g/mol. The lowest BCUT2D eigenvalue weighted by molar-refractivity contribution is 0.0699. The molecule has 0 aliphatic carbocycles. The van der Waals surface area contributed by atoms with Crippen LogP contribution < -0.4 is 0 Å². The van der Waals surface area contributed by atoms with Crippen LogP contribution in [-0.2, 0) is 0 Å². The number of aromatic carboxylic acids is 1. The second kappa shape index (κ2) is 3.96. The summed E-state index contributed by atoms with van der Waals surface area (Å²) in [7, 11) is 0. The minimum atomic E-state index is -0.943. The number of fused-ring (bicyclic) bond motifs is 3. The predicted octanol–water partition coefficient (Wildman–Crippen LogP) is 3.74. The van der Waals surface area contributed by atoms with Crippen LogP contribution in [0.5, 0.6) is 0 Å². The molecule has 0 spiro atoms. The molecule has 3 aromatic rings. The summed E-state index contributed by atoms with van der Waals surface area (Å²) in [4.78, 5) is 15.4. The van der Waals surface area contributed by atoms with Gasteiger partial charge in [0.15, 0.2) is 0 Å². The number of halogens is 1. The zero-order chi connectivity index (χ0) is 12.7. The summed E-state index contributed by atoms with van der Waals surface area (Å²) < 4.78 is 0. The van der Waals surface area contributed by atoms with E-state index in [0.29, 0.717) is 10.4 Å². The van der Waals surface area contributed by atoms with E-state index in [4.69, 9.17) is 11.6 Å². The normalized spacial score (nSPS) is 10.9. The first-order chi connectivity index (χ1) is 8.66. The number of carbonyl (C=O) groups is 1. The number of aromatic nitrogens is 1. The van der Waals surface area contributed by atoms with Crippen LogP contribution in [0.25, 0.3) is 21.5 Å². The van der Waals surface area contributed by atoms with Gasteiger partial charge in [0.05, 0.1) is 5.56 Å². The summed E-state index contributed by atoms with van der Waals surface area (Å²) in [5.74, 6) is -0.943. The second-order valence-corrected chi connectivity index (χ2v) is 4.45. The molecule has 0 radical (unpaired) electrons. The Balaban J connectivity index is 2.59. The molecule has 1 aromatic heterocycles. The number of pyridine rings is 1. The van der Waals surface area contributed by atoms with Crippen molar-refractivity contribution in [1.82, 2.24) is 4.98 Å². The summed E-state index contributed by atoms with van der Waals surface area (Å²) in [5, 5.41) is 13.1. The molecule has 0 saturated heterocycles. The van der Waals surface area contributed by atoms with Gasteiger partial charge >= 0.3 is 5.97 Å². The van der Waals surface area contributed by atoms with Gasteiger partial charge in [0.25, 0.3) is 0 Å². The van der Waals surface area contributed by atoms with E-state index in [1.54, 1.807) is 42.7 Å². The highest BCUT2D eigenvalue weighted by Crippen LogP contribution is 2.30. The van der Waals surface area contributed by atoms with Crippen molar-refractivity contribution in [1.29, 1.82) is 0 Å². The van der Waals surface area contributed by atoms with Crippen LogP contribution in [0.2, 0.25) is 5.02 Å². The third kappa shape index (κ3) is 1.60. The number of hydrogen-bond donors (Lipinski definition) is 1. The standard InChI is InChI=1S/C14H8ClNO2/c15-9-1-2-10-11(6-9)13-7-16-4-3-8(13)5-12(10)14(17)18/h1-7H,(H,17,18). The van der Waals surface area contributed by atoms with Gasteiger partial charge in [0.2, 0.25) is 0 Å². The monoisotopic (exact) mass is 257 g/mol. The van der Waals surface area contributed by atoms with Gasteiger partial charge in [-0.05, 0) is 40.4 Å². The maximum absolute atomic E-state index is 11.3. The number of carboxylic acids is 1. The first-order valence-electron chi connectivity index (χ1n) is 5.36. The third-order valence-corrected chi connectivity index (χ3v) is 3.18. The Morgan fingerprint density at radius 3 is 2.72 bits per heavy atom. The SMILES string of the molecule is O=C(O)c1cc2ccncc2c2cc(Cl)ccc12. The lowest BCUT2D eigenvalue weighted by Crippen LogP contribution is -1.98. The lowest BCUT2D eigenvalue weighted by atomic mass is 9.98. The summed E-state index contributed by atoms with van der Waals surface area (Å²) in [6.45, 7) is 0. The van der Waals surface area contributed by atoms with Crippen molar-refractivity contribution < 1.29 is 9.90 Å². The fraction of sp³-hybridized carbons (Fsp3) is 0. The van der Waals surface area contributed by atoms with E-state index < -0.39 is 5.97 Å². The van der Waals surface area contributed by atoms with E-state index in [9.17, 15) is 9.90 Å². The number of carboxylic acid groups (broad SMARTS) is 1. The van der Waals surface area contributed by atoms with Gasteiger partial charge in [0.1, 0.15) is 0 Å². The van der Waals surface area contributed by atoms with Gasteiger partial charge in [-0.3, -0.25) is 4.98 Å². The van der Waals surface area contributed by atoms with Crippen LogP contribution in [0.15, 0.2) is 42.7 Å². The number of hydrogen-bond acceptors (Lipinski definition) is 2. The van der Waals surface area contributed by atoms with Crippen LogP contribution in [0, 0.1) is 0 Å². The molecule has 4 heteroatoms. The van der Waals surface area contributed by atoms with E-state index in [0.717, 1.165) is 16.2 Å². The van der Waals surface area contributed by atoms with Crippen molar-refractivity contribution in [2.45, 2.75) is 0 Å². The van der Waals surface area contributed by atoms with Crippen molar-refractivity contribution in [3.05, 3.63) is 53.3 Å². The van der Waals surface area contributed by atoms with Crippen LogP contribution in [0.3, 0.4) is 0 Å². The summed E-state index contributed by atoms with van der Waals surface area (Å²) in [6.07, 6.45) is 3.37. The quantitative estimate of drug-likeness (QED) is 0.676. The maximum atomic E-state index is 11.3. The minimum absolute atomic E-state index is 0.278. The number of nitrogens with zero attached hydrogens (tertiary/aromatic N) is 1. The van der Waals surface area contributed by atoms with Crippen LogP contribution in [-0.4, -0.2) is 16.1 Å². The Labute approximate surface area is 108 Å². The van der Waals surface area contributed by atoms with Gasteiger partial charge < -0.3 is 5.11 Å². The zero-order valence-corrected chi connectivity index (χ0v) is 9.98. The fourth-order valence-corrected chi connectivity index (χ4v) is 2.31. The molecule has 88 valence electrons. The molecule has 0 aliphatic heterocycles. The van der Waals surface area contributed by atoms with E-state index in [-0.39, 0.29) is 5.56 Å². The average molecular weight is 258 g/mol. The Bertz CT molecular complexity index is 783. The van der Waals surface area contributed by atoms with Crippen molar-refractivity contribution in [2.75, 3.05) is 0 Å². The first kappa shape index (κ1) is 11.0. The van der Waals surface area contributed by atoms with E-state index in [1.165, 1.54) is 0 Å². The molecule has 0 amide bonds. The molecule has 0 unspecified atom stereocenters. The van der Waals surface area contributed by atoms with Gasteiger partial charge in [-0.2, -0.15) is 0 Å². The molecule has 1 N–H and O–H groups in total. The number of rotatable bonds is 1. The average Bonchev–Trinajstić information content (AvgIpc) is 2.37. The van der Waals surface area contributed by atoms with Gasteiger partial charge in [-0.1, -0.05) is 17.7 Å². The topological polar surface area (TPSA) is 50.2 Å². The molecule has 0 saturated carbocycles. The highest BCUT2D eigenvalue weighted by atomic mass is 35.5. The molecule has 0 bridgehead atoms. The minimum Gasteiger partial charge on any atom is -0.478 e. The Hall–Kier alpha value is -2.13. The van der Waals surface area contributed by atoms with Crippen LogP contribution >= 0.6 is 11.6 Å². The zero-order valence-electron chi connectivity index (χ0n) is 9.22. The predicted molar refractivity (Wildman–Crippen MR) is 71.2 cm³/mol. The van der Waals surface area contributed by atoms with Crippen molar-refractivity contribution in [2.24, 2.45) is 0 Å². The van der Waals surface area contributed by atoms with E-state index >= 15 is 0 Å². The molecular formula is C14H8ClNO2. The highest BCUT2D eigenvalue weighted by molar-refractivity contribution is 6.32. The molecule has 1 heterocycles. The molecule has 0 aliphatic rings. The molecule has 0 atom stereocenters. The molecule has 2 aromatic carbocycles. The highest BCUT2D eigenvalue weighted by Gasteiger charge is 2.12. The number of benzene rings is 2. The summed E-state index contributed by atoms with van der Waals surface area (Å²) in [6, 6.07) is 8.65. The van der Waals surface area contributed by atoms with Crippen molar-refractivity contribution >= 4 is 39.1 Å². The van der Waals surface area contributed by atoms with Crippen molar-refractivity contribution in [3.8, 4) is 0 Å². The van der Waals surface area contributed by atoms with Crippen molar-refractivity contribution in [3.63, 3.8) is 0 Å². The second-order valence-electron chi connectivity index (χ2n) is 4.02. The molecule has 3 nitrogen and oxygen atoms in total. The van der Waals surface area contributed by atoms with Gasteiger partial charge in [-0.25, -0.2) is 4.79 Å². The smallest absolute Gasteiger partial charge is 0.336 e. The van der Waals surface area contributed by atoms with Gasteiger partial charge in [-0.15, -0.1) is 0 Å². The Kier molecular flexibility index (Phi) is 2.42. The molecule has 0 fully saturated rings. The fourth-order valence-electron chi connectivity index (χ4n) is 2.14. The Morgan fingerprint density at radius 2 is 1.94 bits per heavy atom. The maximum Gasteiger partial charge on any atom is 0.336 e. The van der Waals surface area contributed by atoms with E-state index in [2.05, 4.69) is 4.98 Å². The van der Waals surface area contributed by atoms with E-state index in [1.807, 2.05) is 0 Å². The molecule has 3 rings (SSSR count). The first-order valence-corrected chi connectivity index (χ1v) is 5.74. The van der Waals surface area contributed by atoms with Crippen LogP contribution in [0.1, 0.15) is 10.4 Å². The Morgan fingerprint density at radius 1 is 1.11 bits per heavy atom. The van der Waals surface area contributed by atoms with Crippen LogP contribution in [0.4, 0.5) is 0 Å². The summed E-state index contributed by atoms with van der Waals surface area (Å²) >= 11 is 5.98. The molecule has 18 heavy (non-hydrogen) atoms. The van der Waals surface area contributed by atoms with Gasteiger partial charge in [0, 0.05) is 22.8 Å². The largest absolute Gasteiger partial charge is 0.478 e.